The van der Waals surface area contributed by atoms with Crippen molar-refractivity contribution in [3.05, 3.63) is 0 Å². The molecule has 0 unspecified atom stereocenters. The van der Waals surface area contributed by atoms with E-state index in [2.05, 4.69) is 6.92 Å². The molecular formula is C20H40O3. The van der Waals surface area contributed by atoms with E-state index in [0.717, 1.165) is 38.5 Å². The summed E-state index contributed by atoms with van der Waals surface area (Å²) in [7, 11) is 3.37. The number of hydrogen-bond acceptors (Lipinski definition) is 3. The van der Waals surface area contributed by atoms with Gasteiger partial charge in [-0.15, -0.1) is 0 Å². The Labute approximate surface area is 144 Å². The van der Waals surface area contributed by atoms with E-state index in [0.29, 0.717) is 5.78 Å². The van der Waals surface area contributed by atoms with Crippen molar-refractivity contribution in [1.29, 1.82) is 0 Å². The van der Waals surface area contributed by atoms with Crippen LogP contribution in [-0.4, -0.2) is 26.3 Å². The van der Waals surface area contributed by atoms with Crippen LogP contribution >= 0.6 is 0 Å². The van der Waals surface area contributed by atoms with E-state index < -0.39 is 0 Å². The molecule has 0 spiro atoms. The second kappa shape index (κ2) is 17.9. The largest absolute Gasteiger partial charge is 0.356 e. The molecule has 0 atom stereocenters. The van der Waals surface area contributed by atoms with E-state index in [4.69, 9.17) is 9.47 Å². The van der Waals surface area contributed by atoms with Crippen molar-refractivity contribution < 1.29 is 14.3 Å². The second-order valence-electron chi connectivity index (χ2n) is 6.62. The van der Waals surface area contributed by atoms with Gasteiger partial charge in [0.2, 0.25) is 0 Å². The number of rotatable bonds is 18. The first-order valence-electron chi connectivity index (χ1n) is 9.81. The maximum absolute atomic E-state index is 11.8. The highest BCUT2D eigenvalue weighted by Crippen LogP contribution is 2.13. The molecule has 0 aliphatic rings. The van der Waals surface area contributed by atoms with Crippen molar-refractivity contribution in [2.75, 3.05) is 14.2 Å². The van der Waals surface area contributed by atoms with Gasteiger partial charge in [0.05, 0.1) is 0 Å². The Bertz CT molecular complexity index is 249. The van der Waals surface area contributed by atoms with Gasteiger partial charge in [0, 0.05) is 27.1 Å². The predicted octanol–water partition coefficient (Wildman–Crippen LogP) is 6.05. The number of carbonyl (C=O) groups excluding carboxylic acids is 1. The Balaban J connectivity index is 3.24. The maximum atomic E-state index is 11.8. The minimum atomic E-state index is -0.0569. The van der Waals surface area contributed by atoms with Gasteiger partial charge in [-0.25, -0.2) is 0 Å². The van der Waals surface area contributed by atoms with Gasteiger partial charge in [-0.2, -0.15) is 0 Å². The quantitative estimate of drug-likeness (QED) is 0.227. The van der Waals surface area contributed by atoms with Crippen LogP contribution in [0.1, 0.15) is 103 Å². The lowest BCUT2D eigenvalue weighted by Gasteiger charge is -2.12. The van der Waals surface area contributed by atoms with Crippen LogP contribution in [0.25, 0.3) is 0 Å². The molecule has 0 saturated heterocycles. The third kappa shape index (κ3) is 16.2. The molecule has 0 aliphatic carbocycles. The number of ether oxygens (including phenoxy) is 2. The summed E-state index contributed by atoms with van der Waals surface area (Å²) in [6.45, 7) is 2.24. The van der Waals surface area contributed by atoms with Gasteiger partial charge in [0.25, 0.3) is 0 Å². The first-order chi connectivity index (χ1) is 11.2. The number of carbonyl (C=O) groups is 1. The Morgan fingerprint density at radius 3 is 1.61 bits per heavy atom. The monoisotopic (exact) mass is 328 g/mol. The molecule has 0 aromatic heterocycles. The van der Waals surface area contributed by atoms with Crippen LogP contribution in [0.15, 0.2) is 0 Å². The SMILES string of the molecule is CCCCCCCCCC(=O)CCCCCCCC(OC)OC. The fourth-order valence-corrected chi connectivity index (χ4v) is 2.90. The lowest BCUT2D eigenvalue weighted by molar-refractivity contribution is -0.119. The normalized spacial score (nSPS) is 11.3. The minimum absolute atomic E-state index is 0.0569. The standard InChI is InChI=1S/C20H40O3/c1-4-5-6-7-8-10-13-16-19(21)17-14-11-9-12-15-18-20(22-2)23-3/h20H,4-18H2,1-3H3. The zero-order valence-electron chi connectivity index (χ0n) is 15.9. The number of unbranched alkanes of at least 4 members (excludes halogenated alkanes) is 10. The number of hydrogen-bond donors (Lipinski definition) is 0. The first-order valence-corrected chi connectivity index (χ1v) is 9.81. The summed E-state index contributed by atoms with van der Waals surface area (Å²) in [5, 5.41) is 0. The van der Waals surface area contributed by atoms with Crippen molar-refractivity contribution in [3.8, 4) is 0 Å². The highest BCUT2D eigenvalue weighted by molar-refractivity contribution is 5.78. The van der Waals surface area contributed by atoms with Crippen LogP contribution in [0.2, 0.25) is 0 Å². The van der Waals surface area contributed by atoms with Gasteiger partial charge < -0.3 is 9.47 Å². The molecule has 0 aromatic rings. The summed E-state index contributed by atoms with van der Waals surface area (Å²) in [4.78, 5) is 11.8. The number of methoxy groups -OCH3 is 2. The van der Waals surface area contributed by atoms with Gasteiger partial charge in [-0.05, 0) is 25.7 Å². The van der Waals surface area contributed by atoms with Crippen LogP contribution in [0.3, 0.4) is 0 Å². The van der Waals surface area contributed by atoms with Crippen LogP contribution in [0.4, 0.5) is 0 Å². The first kappa shape index (κ1) is 22.6. The van der Waals surface area contributed by atoms with Crippen molar-refractivity contribution >= 4 is 5.78 Å². The van der Waals surface area contributed by atoms with E-state index >= 15 is 0 Å². The van der Waals surface area contributed by atoms with Gasteiger partial charge in [-0.3, -0.25) is 4.79 Å². The molecular weight excluding hydrogens is 288 g/mol. The summed E-state index contributed by atoms with van der Waals surface area (Å²) in [5.74, 6) is 0.470. The van der Waals surface area contributed by atoms with E-state index in [1.807, 2.05) is 0 Å². The van der Waals surface area contributed by atoms with E-state index in [1.54, 1.807) is 14.2 Å². The Kier molecular flexibility index (Phi) is 17.6. The lowest BCUT2D eigenvalue weighted by atomic mass is 10.0. The summed E-state index contributed by atoms with van der Waals surface area (Å²) in [6.07, 6.45) is 17.3. The molecule has 0 aromatic carbocycles. The third-order valence-electron chi connectivity index (χ3n) is 4.48. The summed E-state index contributed by atoms with van der Waals surface area (Å²) in [5.41, 5.74) is 0. The van der Waals surface area contributed by atoms with E-state index in [-0.39, 0.29) is 6.29 Å². The maximum Gasteiger partial charge on any atom is 0.156 e. The van der Waals surface area contributed by atoms with Gasteiger partial charge in [-0.1, -0.05) is 64.7 Å². The third-order valence-corrected chi connectivity index (χ3v) is 4.48. The van der Waals surface area contributed by atoms with Gasteiger partial charge >= 0.3 is 0 Å². The molecule has 138 valence electrons. The molecule has 0 radical (unpaired) electrons. The molecule has 0 aliphatic heterocycles. The highest BCUT2D eigenvalue weighted by atomic mass is 16.7. The minimum Gasteiger partial charge on any atom is -0.356 e. The van der Waals surface area contributed by atoms with E-state index in [1.165, 1.54) is 57.8 Å². The average Bonchev–Trinajstić information content (AvgIpc) is 2.56. The zero-order valence-corrected chi connectivity index (χ0v) is 15.9. The lowest BCUT2D eigenvalue weighted by Crippen LogP contribution is -2.12. The van der Waals surface area contributed by atoms with Crippen LogP contribution in [-0.2, 0) is 14.3 Å². The fraction of sp³-hybridized carbons (Fsp3) is 0.950. The molecule has 0 amide bonds. The van der Waals surface area contributed by atoms with Crippen molar-refractivity contribution in [1.82, 2.24) is 0 Å². The topological polar surface area (TPSA) is 35.5 Å². The Morgan fingerprint density at radius 1 is 0.696 bits per heavy atom. The van der Waals surface area contributed by atoms with Crippen molar-refractivity contribution in [2.24, 2.45) is 0 Å². The Hall–Kier alpha value is -0.410. The van der Waals surface area contributed by atoms with Gasteiger partial charge in [0.15, 0.2) is 6.29 Å². The van der Waals surface area contributed by atoms with Crippen LogP contribution < -0.4 is 0 Å². The number of Topliss-reactive ketones (excluding diaryl/α,β-unsaturated/α-hetero) is 1. The van der Waals surface area contributed by atoms with Crippen molar-refractivity contribution in [3.63, 3.8) is 0 Å². The van der Waals surface area contributed by atoms with Crippen LogP contribution in [0.5, 0.6) is 0 Å². The van der Waals surface area contributed by atoms with Gasteiger partial charge in [0.1, 0.15) is 5.78 Å². The Morgan fingerprint density at radius 2 is 1.13 bits per heavy atom. The second-order valence-corrected chi connectivity index (χ2v) is 6.62. The molecule has 3 heteroatoms. The highest BCUT2D eigenvalue weighted by Gasteiger charge is 2.04. The fourth-order valence-electron chi connectivity index (χ4n) is 2.90. The molecule has 0 rings (SSSR count). The molecule has 3 nitrogen and oxygen atoms in total. The average molecular weight is 329 g/mol. The molecule has 0 bridgehead atoms. The predicted molar refractivity (Wildman–Crippen MR) is 97.7 cm³/mol. The summed E-state index contributed by atoms with van der Waals surface area (Å²) in [6, 6.07) is 0. The van der Waals surface area contributed by atoms with Crippen LogP contribution in [0, 0.1) is 0 Å². The number of ketones is 1. The van der Waals surface area contributed by atoms with Crippen molar-refractivity contribution in [2.45, 2.75) is 110 Å². The smallest absolute Gasteiger partial charge is 0.156 e. The molecule has 0 fully saturated rings. The molecule has 0 saturated carbocycles. The molecule has 23 heavy (non-hydrogen) atoms. The molecule has 0 N–H and O–H groups in total. The summed E-state index contributed by atoms with van der Waals surface area (Å²) >= 11 is 0. The molecule has 0 heterocycles. The summed E-state index contributed by atoms with van der Waals surface area (Å²) < 4.78 is 10.3. The zero-order chi connectivity index (χ0) is 17.2. The van der Waals surface area contributed by atoms with E-state index in [9.17, 15) is 4.79 Å².